The summed E-state index contributed by atoms with van der Waals surface area (Å²) in [6.45, 7) is 2.76. The SMILES string of the molecule is O=C1CC(N2CCN(c3ccc(F)cc3)CC2)C(=O)N1c1ccccc1Sc1ccc(Cl)cc1. The van der Waals surface area contributed by atoms with Gasteiger partial charge in [-0.3, -0.25) is 14.5 Å². The highest BCUT2D eigenvalue weighted by molar-refractivity contribution is 7.99. The average molecular weight is 496 g/mol. The molecule has 2 aliphatic heterocycles. The van der Waals surface area contributed by atoms with Gasteiger partial charge in [0.2, 0.25) is 5.91 Å². The molecule has 0 bridgehead atoms. The largest absolute Gasteiger partial charge is 0.369 e. The van der Waals surface area contributed by atoms with E-state index in [0.717, 1.165) is 15.5 Å². The molecule has 8 heteroatoms. The van der Waals surface area contributed by atoms with Crippen molar-refractivity contribution in [1.82, 2.24) is 4.90 Å². The third-order valence-corrected chi connectivity index (χ3v) is 7.54. The highest BCUT2D eigenvalue weighted by Gasteiger charge is 2.44. The molecule has 34 heavy (non-hydrogen) atoms. The van der Waals surface area contributed by atoms with Gasteiger partial charge in [0.25, 0.3) is 5.91 Å². The number of imide groups is 1. The van der Waals surface area contributed by atoms with E-state index in [2.05, 4.69) is 9.80 Å². The van der Waals surface area contributed by atoms with Crippen LogP contribution in [0.1, 0.15) is 6.42 Å². The number of halogens is 2. The molecular formula is C26H23ClFN3O2S. The number of carbonyl (C=O) groups is 2. The van der Waals surface area contributed by atoms with E-state index in [1.54, 1.807) is 12.1 Å². The maximum atomic E-state index is 13.4. The Kier molecular flexibility index (Phi) is 6.59. The van der Waals surface area contributed by atoms with Crippen LogP contribution in [0.5, 0.6) is 0 Å². The lowest BCUT2D eigenvalue weighted by Crippen LogP contribution is -2.52. The molecule has 2 saturated heterocycles. The first-order valence-electron chi connectivity index (χ1n) is 11.1. The Morgan fingerprint density at radius 1 is 0.853 bits per heavy atom. The maximum Gasteiger partial charge on any atom is 0.251 e. The molecule has 0 aliphatic carbocycles. The van der Waals surface area contributed by atoms with Crippen molar-refractivity contribution in [1.29, 1.82) is 0 Å². The fraction of sp³-hybridized carbons (Fsp3) is 0.231. The molecule has 5 nitrogen and oxygen atoms in total. The molecule has 1 atom stereocenters. The van der Waals surface area contributed by atoms with Crippen LogP contribution in [0.3, 0.4) is 0 Å². The molecule has 2 aliphatic rings. The highest BCUT2D eigenvalue weighted by atomic mass is 35.5. The number of carbonyl (C=O) groups excluding carboxylic acids is 2. The molecule has 0 aromatic heterocycles. The number of anilines is 2. The standard InChI is InChI=1S/C26H23ClFN3O2S/c27-18-5-11-21(12-6-18)34-24-4-2-1-3-22(24)31-25(32)17-23(26(31)33)30-15-13-29(14-16-30)20-9-7-19(28)8-10-20/h1-12,23H,13-17H2. The van der Waals surface area contributed by atoms with Gasteiger partial charge in [-0.2, -0.15) is 0 Å². The van der Waals surface area contributed by atoms with Gasteiger partial charge in [-0.1, -0.05) is 35.5 Å². The molecule has 2 fully saturated rings. The summed E-state index contributed by atoms with van der Waals surface area (Å²) in [5.74, 6) is -0.614. The summed E-state index contributed by atoms with van der Waals surface area (Å²) in [6, 6.07) is 21.0. The second-order valence-corrected chi connectivity index (χ2v) is 9.86. The van der Waals surface area contributed by atoms with Crippen LogP contribution in [0.15, 0.2) is 82.6 Å². The number of benzene rings is 3. The summed E-state index contributed by atoms with van der Waals surface area (Å²) in [5, 5.41) is 0.657. The molecule has 1 unspecified atom stereocenters. The smallest absolute Gasteiger partial charge is 0.251 e. The summed E-state index contributed by atoms with van der Waals surface area (Å²) < 4.78 is 13.2. The quantitative estimate of drug-likeness (QED) is 0.462. The number of hydrogen-bond donors (Lipinski definition) is 0. The third kappa shape index (κ3) is 4.69. The van der Waals surface area contributed by atoms with E-state index in [-0.39, 0.29) is 24.1 Å². The van der Waals surface area contributed by atoms with E-state index in [1.165, 1.54) is 28.8 Å². The van der Waals surface area contributed by atoms with Crippen molar-refractivity contribution >= 4 is 46.6 Å². The topological polar surface area (TPSA) is 43.9 Å². The van der Waals surface area contributed by atoms with Crippen LogP contribution in [-0.4, -0.2) is 48.9 Å². The van der Waals surface area contributed by atoms with Crippen LogP contribution < -0.4 is 9.80 Å². The average Bonchev–Trinajstić information content (AvgIpc) is 3.15. The zero-order valence-electron chi connectivity index (χ0n) is 18.4. The number of piperazine rings is 1. The van der Waals surface area contributed by atoms with Crippen molar-refractivity contribution < 1.29 is 14.0 Å². The van der Waals surface area contributed by atoms with Crippen molar-refractivity contribution in [2.75, 3.05) is 36.0 Å². The Morgan fingerprint density at radius 2 is 1.53 bits per heavy atom. The molecule has 2 heterocycles. The number of hydrogen-bond acceptors (Lipinski definition) is 5. The Bertz CT molecular complexity index is 1200. The zero-order chi connectivity index (χ0) is 23.7. The fourth-order valence-electron chi connectivity index (χ4n) is 4.46. The van der Waals surface area contributed by atoms with E-state index in [0.29, 0.717) is 36.9 Å². The summed E-state index contributed by atoms with van der Waals surface area (Å²) in [6.07, 6.45) is 0.176. The van der Waals surface area contributed by atoms with Crippen LogP contribution in [0, 0.1) is 5.82 Å². The first-order valence-corrected chi connectivity index (χ1v) is 12.3. The number of para-hydroxylation sites is 1. The molecule has 0 N–H and O–H groups in total. The van der Waals surface area contributed by atoms with Crippen LogP contribution in [0.4, 0.5) is 15.8 Å². The number of nitrogens with zero attached hydrogens (tertiary/aromatic N) is 3. The minimum Gasteiger partial charge on any atom is -0.369 e. The molecule has 3 aromatic rings. The van der Waals surface area contributed by atoms with Crippen LogP contribution in [0.2, 0.25) is 5.02 Å². The Balaban J connectivity index is 1.30. The van der Waals surface area contributed by atoms with Gasteiger partial charge in [-0.25, -0.2) is 9.29 Å². The van der Waals surface area contributed by atoms with Gasteiger partial charge < -0.3 is 4.90 Å². The predicted octanol–water partition coefficient (Wildman–Crippen LogP) is 5.08. The van der Waals surface area contributed by atoms with Gasteiger partial charge in [-0.15, -0.1) is 0 Å². The zero-order valence-corrected chi connectivity index (χ0v) is 19.9. The molecule has 174 valence electrons. The Morgan fingerprint density at radius 3 is 2.24 bits per heavy atom. The summed E-state index contributed by atoms with van der Waals surface area (Å²) in [4.78, 5) is 33.9. The van der Waals surface area contributed by atoms with Crippen molar-refractivity contribution in [2.45, 2.75) is 22.3 Å². The molecule has 5 rings (SSSR count). The van der Waals surface area contributed by atoms with Crippen LogP contribution >= 0.6 is 23.4 Å². The molecular weight excluding hydrogens is 473 g/mol. The van der Waals surface area contributed by atoms with Gasteiger partial charge in [0.15, 0.2) is 0 Å². The lowest BCUT2D eigenvalue weighted by atomic mass is 10.1. The van der Waals surface area contributed by atoms with E-state index >= 15 is 0 Å². The van der Waals surface area contributed by atoms with E-state index < -0.39 is 6.04 Å². The van der Waals surface area contributed by atoms with E-state index in [1.807, 2.05) is 48.5 Å². The van der Waals surface area contributed by atoms with Gasteiger partial charge in [0.1, 0.15) is 5.82 Å². The summed E-state index contributed by atoms with van der Waals surface area (Å²) in [5.41, 5.74) is 1.58. The first kappa shape index (κ1) is 22.9. The fourth-order valence-corrected chi connectivity index (χ4v) is 5.52. The number of amides is 2. The highest BCUT2D eigenvalue weighted by Crippen LogP contribution is 2.38. The second kappa shape index (κ2) is 9.78. The van der Waals surface area contributed by atoms with Crippen molar-refractivity contribution in [3.8, 4) is 0 Å². The van der Waals surface area contributed by atoms with Gasteiger partial charge >= 0.3 is 0 Å². The van der Waals surface area contributed by atoms with Crippen LogP contribution in [0.25, 0.3) is 0 Å². The maximum absolute atomic E-state index is 13.4. The van der Waals surface area contributed by atoms with Gasteiger partial charge in [-0.05, 0) is 60.7 Å². The van der Waals surface area contributed by atoms with Crippen molar-refractivity contribution in [3.05, 3.63) is 83.6 Å². The summed E-state index contributed by atoms with van der Waals surface area (Å²) >= 11 is 7.50. The van der Waals surface area contributed by atoms with E-state index in [9.17, 15) is 14.0 Å². The monoisotopic (exact) mass is 495 g/mol. The number of rotatable bonds is 5. The van der Waals surface area contributed by atoms with Crippen molar-refractivity contribution in [3.63, 3.8) is 0 Å². The van der Waals surface area contributed by atoms with Crippen molar-refractivity contribution in [2.24, 2.45) is 0 Å². The normalized spacial score (nSPS) is 19.2. The summed E-state index contributed by atoms with van der Waals surface area (Å²) in [7, 11) is 0. The van der Waals surface area contributed by atoms with Crippen LogP contribution in [-0.2, 0) is 9.59 Å². The first-order chi connectivity index (χ1) is 16.5. The minimum atomic E-state index is -0.462. The Labute approximate surface area is 207 Å². The lowest BCUT2D eigenvalue weighted by molar-refractivity contribution is -0.123. The molecule has 3 aromatic carbocycles. The molecule has 0 saturated carbocycles. The predicted molar refractivity (Wildman–Crippen MR) is 133 cm³/mol. The molecule has 0 spiro atoms. The van der Waals surface area contributed by atoms with E-state index in [4.69, 9.17) is 11.6 Å². The lowest BCUT2D eigenvalue weighted by Gasteiger charge is -2.38. The van der Waals surface area contributed by atoms with Gasteiger partial charge in [0.05, 0.1) is 18.2 Å². The second-order valence-electron chi connectivity index (χ2n) is 8.31. The molecule has 2 amide bonds. The van der Waals surface area contributed by atoms with Gasteiger partial charge in [0, 0.05) is 46.7 Å². The molecule has 0 radical (unpaired) electrons. The third-order valence-electron chi connectivity index (χ3n) is 6.22. The Hall–Kier alpha value is -2.87. The minimum absolute atomic E-state index is 0.176.